The molecule has 2 aromatic heterocycles. The number of carbonyl (C=O) groups excluding carboxylic acids is 1. The van der Waals surface area contributed by atoms with Gasteiger partial charge in [0.1, 0.15) is 12.0 Å². The summed E-state index contributed by atoms with van der Waals surface area (Å²) in [7, 11) is -3.54. The topological polar surface area (TPSA) is 155 Å². The lowest BCUT2D eigenvalue weighted by Gasteiger charge is -2.18. The van der Waals surface area contributed by atoms with Gasteiger partial charge in [0.25, 0.3) is 0 Å². The minimum absolute atomic E-state index is 0.123. The molecule has 0 aliphatic carbocycles. The Balaban J connectivity index is 1.71. The Morgan fingerprint density at radius 2 is 1.77 bits per heavy atom. The first-order valence-electron chi connectivity index (χ1n) is 9.44. The number of rotatable bonds is 9. The normalized spacial score (nSPS) is 11.3. The number of amides is 1. The maximum absolute atomic E-state index is 12.6. The molecule has 0 aliphatic rings. The number of sulfonamides is 1. The predicted octanol–water partition coefficient (Wildman–Crippen LogP) is 2.18. The maximum atomic E-state index is 12.6. The van der Waals surface area contributed by atoms with Gasteiger partial charge >= 0.3 is 5.91 Å². The lowest BCUT2D eigenvalue weighted by atomic mass is 10.3. The fraction of sp³-hybridized carbons (Fsp3) is 0.211. The molecule has 0 fully saturated rings. The monoisotopic (exact) mass is 445 g/mol. The number of nitrogen functional groups attached to an aromatic ring is 1. The van der Waals surface area contributed by atoms with Crippen LogP contribution >= 0.6 is 0 Å². The van der Waals surface area contributed by atoms with E-state index in [1.54, 1.807) is 32.0 Å². The molecule has 0 radical (unpaired) electrons. The lowest BCUT2D eigenvalue weighted by Crippen LogP contribution is -2.30. The predicted molar refractivity (Wildman–Crippen MR) is 116 cm³/mol. The zero-order chi connectivity index (χ0) is 22.4. The van der Waals surface area contributed by atoms with Crippen molar-refractivity contribution in [2.75, 3.05) is 29.6 Å². The van der Waals surface area contributed by atoms with Crippen LogP contribution in [0.5, 0.6) is 0 Å². The van der Waals surface area contributed by atoms with Crippen molar-refractivity contribution in [1.82, 2.24) is 19.7 Å². The second kappa shape index (κ2) is 9.45. The quantitative estimate of drug-likeness (QED) is 0.363. The molecule has 3 rings (SSSR count). The van der Waals surface area contributed by atoms with Gasteiger partial charge in [-0.3, -0.25) is 15.6 Å². The SMILES string of the molecule is CCN(CC)S(=O)(=O)c1ccc(Nc2ncnc(NNC(=O)c3ccco3)c2N)cc1. The third kappa shape index (κ3) is 4.92. The molecule has 5 N–H and O–H groups in total. The van der Waals surface area contributed by atoms with E-state index in [1.165, 1.54) is 35.1 Å². The van der Waals surface area contributed by atoms with Crippen molar-refractivity contribution in [1.29, 1.82) is 0 Å². The van der Waals surface area contributed by atoms with Crippen molar-refractivity contribution in [3.63, 3.8) is 0 Å². The highest BCUT2D eigenvalue weighted by atomic mass is 32.2. The summed E-state index contributed by atoms with van der Waals surface area (Å²) in [5, 5.41) is 3.01. The summed E-state index contributed by atoms with van der Waals surface area (Å²) in [6, 6.07) is 9.35. The Morgan fingerprint density at radius 3 is 2.39 bits per heavy atom. The van der Waals surface area contributed by atoms with E-state index >= 15 is 0 Å². The van der Waals surface area contributed by atoms with Crippen LogP contribution in [0.2, 0.25) is 0 Å². The van der Waals surface area contributed by atoms with E-state index in [2.05, 4.69) is 26.1 Å². The summed E-state index contributed by atoms with van der Waals surface area (Å²) in [5.41, 5.74) is 11.9. The van der Waals surface area contributed by atoms with Crippen molar-refractivity contribution in [2.45, 2.75) is 18.7 Å². The number of nitrogens with two attached hydrogens (primary N) is 1. The summed E-state index contributed by atoms with van der Waals surface area (Å²) < 4.78 is 31.6. The van der Waals surface area contributed by atoms with Gasteiger partial charge in [-0.2, -0.15) is 4.31 Å². The average molecular weight is 446 g/mol. The molecule has 164 valence electrons. The molecule has 0 saturated carbocycles. The number of anilines is 4. The highest BCUT2D eigenvalue weighted by molar-refractivity contribution is 7.89. The zero-order valence-corrected chi connectivity index (χ0v) is 17.8. The van der Waals surface area contributed by atoms with E-state index in [9.17, 15) is 13.2 Å². The molecule has 11 nitrogen and oxygen atoms in total. The van der Waals surface area contributed by atoms with Crippen LogP contribution in [0.15, 0.2) is 58.3 Å². The molecular formula is C19H23N7O4S. The van der Waals surface area contributed by atoms with Gasteiger partial charge in [-0.25, -0.2) is 18.4 Å². The highest BCUT2D eigenvalue weighted by Crippen LogP contribution is 2.26. The van der Waals surface area contributed by atoms with Gasteiger partial charge in [0.2, 0.25) is 10.0 Å². The number of carbonyl (C=O) groups is 1. The van der Waals surface area contributed by atoms with Crippen LogP contribution in [0.1, 0.15) is 24.4 Å². The molecule has 0 spiro atoms. The summed E-state index contributed by atoms with van der Waals surface area (Å²) in [6.45, 7) is 4.36. The van der Waals surface area contributed by atoms with Gasteiger partial charge in [0.05, 0.1) is 11.2 Å². The van der Waals surface area contributed by atoms with E-state index in [0.717, 1.165) is 0 Å². The van der Waals surface area contributed by atoms with Crippen LogP contribution in [0.25, 0.3) is 0 Å². The van der Waals surface area contributed by atoms with Crippen molar-refractivity contribution in [2.24, 2.45) is 0 Å². The number of hydrogen-bond donors (Lipinski definition) is 4. The summed E-state index contributed by atoms with van der Waals surface area (Å²) >= 11 is 0. The molecule has 31 heavy (non-hydrogen) atoms. The maximum Gasteiger partial charge on any atom is 0.305 e. The average Bonchev–Trinajstić information content (AvgIpc) is 3.30. The molecule has 12 heteroatoms. The first-order chi connectivity index (χ1) is 14.9. The standard InChI is InChI=1S/C19H23N7O4S/c1-3-26(4-2)31(28,29)14-9-7-13(8-10-14)23-17-16(20)18(22-12-21-17)24-25-19(27)15-6-5-11-30-15/h5-12H,3-4,20H2,1-2H3,(H,25,27)(H2,21,22,23,24). The van der Waals surface area contributed by atoms with E-state index in [0.29, 0.717) is 18.8 Å². The molecule has 1 aromatic carbocycles. The van der Waals surface area contributed by atoms with Crippen LogP contribution in [0, 0.1) is 0 Å². The van der Waals surface area contributed by atoms with Gasteiger partial charge in [0, 0.05) is 18.8 Å². The van der Waals surface area contributed by atoms with Crippen LogP contribution < -0.4 is 21.9 Å². The summed E-state index contributed by atoms with van der Waals surface area (Å²) in [5.74, 6) is 0.0861. The number of benzene rings is 1. The van der Waals surface area contributed by atoms with Crippen LogP contribution in [-0.4, -0.2) is 41.7 Å². The van der Waals surface area contributed by atoms with Crippen LogP contribution in [0.4, 0.5) is 23.0 Å². The smallest absolute Gasteiger partial charge is 0.305 e. The minimum Gasteiger partial charge on any atom is -0.459 e. The fourth-order valence-corrected chi connectivity index (χ4v) is 4.20. The highest BCUT2D eigenvalue weighted by Gasteiger charge is 2.21. The Bertz CT molecular complexity index is 1130. The Morgan fingerprint density at radius 1 is 1.10 bits per heavy atom. The van der Waals surface area contributed by atoms with E-state index in [4.69, 9.17) is 10.2 Å². The Kier molecular flexibility index (Phi) is 6.72. The summed E-state index contributed by atoms with van der Waals surface area (Å²) in [6.07, 6.45) is 2.65. The van der Waals surface area contributed by atoms with E-state index < -0.39 is 15.9 Å². The minimum atomic E-state index is -3.54. The van der Waals surface area contributed by atoms with Crippen molar-refractivity contribution < 1.29 is 17.6 Å². The molecule has 0 saturated heterocycles. The van der Waals surface area contributed by atoms with E-state index in [1.807, 2.05) is 0 Å². The second-order valence-electron chi connectivity index (χ2n) is 6.28. The third-order valence-corrected chi connectivity index (χ3v) is 6.45. The molecule has 3 aromatic rings. The Hall–Kier alpha value is -3.64. The molecule has 2 heterocycles. The van der Waals surface area contributed by atoms with Gasteiger partial charge < -0.3 is 15.5 Å². The van der Waals surface area contributed by atoms with Crippen molar-refractivity contribution in [3.05, 3.63) is 54.7 Å². The van der Waals surface area contributed by atoms with Gasteiger partial charge in [-0.1, -0.05) is 13.8 Å². The second-order valence-corrected chi connectivity index (χ2v) is 8.22. The van der Waals surface area contributed by atoms with Crippen LogP contribution in [0.3, 0.4) is 0 Å². The first kappa shape index (κ1) is 22.1. The van der Waals surface area contributed by atoms with Crippen LogP contribution in [-0.2, 0) is 10.0 Å². The van der Waals surface area contributed by atoms with Gasteiger partial charge in [0.15, 0.2) is 17.4 Å². The van der Waals surface area contributed by atoms with Gasteiger partial charge in [-0.15, -0.1) is 0 Å². The van der Waals surface area contributed by atoms with Crippen molar-refractivity contribution >= 4 is 38.9 Å². The number of hydrogen-bond acceptors (Lipinski definition) is 9. The number of hydrazine groups is 1. The molecule has 0 aliphatic heterocycles. The lowest BCUT2D eigenvalue weighted by molar-refractivity contribution is 0.0935. The first-order valence-corrected chi connectivity index (χ1v) is 10.9. The van der Waals surface area contributed by atoms with E-state index in [-0.39, 0.29) is 28.0 Å². The molecule has 1 amide bonds. The molecule has 0 unspecified atom stereocenters. The number of aromatic nitrogens is 2. The molecule has 0 bridgehead atoms. The number of furan rings is 1. The number of nitrogens with one attached hydrogen (secondary N) is 3. The summed E-state index contributed by atoms with van der Waals surface area (Å²) in [4.78, 5) is 20.2. The largest absolute Gasteiger partial charge is 0.459 e. The number of nitrogens with zero attached hydrogens (tertiary/aromatic N) is 3. The Labute approximate surface area is 179 Å². The molecule has 0 atom stereocenters. The van der Waals surface area contributed by atoms with Crippen molar-refractivity contribution in [3.8, 4) is 0 Å². The zero-order valence-electron chi connectivity index (χ0n) is 17.0. The van der Waals surface area contributed by atoms with Gasteiger partial charge in [-0.05, 0) is 36.4 Å². The fourth-order valence-electron chi connectivity index (χ4n) is 2.74. The third-order valence-electron chi connectivity index (χ3n) is 4.38. The molecular weight excluding hydrogens is 422 g/mol.